The minimum Gasteiger partial charge on any atom is -0.350 e. The topological polar surface area (TPSA) is 68.0 Å². The summed E-state index contributed by atoms with van der Waals surface area (Å²) in [5, 5.41) is 7.30. The molecule has 1 aromatic heterocycles. The van der Waals surface area contributed by atoms with Crippen molar-refractivity contribution in [3.05, 3.63) is 70.8 Å². The Morgan fingerprint density at radius 2 is 1.96 bits per heavy atom. The molecule has 0 unspecified atom stereocenters. The molecule has 3 aromatic rings. The van der Waals surface area contributed by atoms with Crippen molar-refractivity contribution in [3.63, 3.8) is 0 Å². The van der Waals surface area contributed by atoms with Crippen LogP contribution in [0.2, 0.25) is 5.02 Å². The highest BCUT2D eigenvalue weighted by molar-refractivity contribution is 6.33. The number of nitrogens with zero attached hydrogens (tertiary/aromatic N) is 2. The number of benzene rings is 2. The normalized spacial score (nSPS) is 12.0. The number of aromatic nitrogens is 2. The molecule has 3 rings (SSSR count). The van der Waals surface area contributed by atoms with Gasteiger partial charge in [0.05, 0.1) is 11.1 Å². The van der Waals surface area contributed by atoms with Gasteiger partial charge in [-0.05, 0) is 36.8 Å². The van der Waals surface area contributed by atoms with E-state index in [0.29, 0.717) is 28.7 Å². The van der Waals surface area contributed by atoms with Crippen LogP contribution < -0.4 is 5.32 Å². The predicted molar refractivity (Wildman–Crippen MR) is 96.0 cm³/mol. The highest BCUT2D eigenvalue weighted by Crippen LogP contribution is 2.25. The lowest BCUT2D eigenvalue weighted by atomic mass is 10.1. The van der Waals surface area contributed by atoms with Crippen molar-refractivity contribution >= 4 is 17.5 Å². The van der Waals surface area contributed by atoms with E-state index in [0.717, 1.165) is 5.56 Å². The molecule has 0 bridgehead atoms. The third-order valence-corrected chi connectivity index (χ3v) is 4.23. The molecule has 1 atom stereocenters. The van der Waals surface area contributed by atoms with Crippen LogP contribution in [0.1, 0.15) is 30.8 Å². The van der Waals surface area contributed by atoms with Gasteiger partial charge in [-0.25, -0.2) is 4.39 Å². The van der Waals surface area contributed by atoms with Crippen LogP contribution in [0.5, 0.6) is 0 Å². The highest BCUT2D eigenvalue weighted by Gasteiger charge is 2.14. The first-order chi connectivity index (χ1) is 12.5. The summed E-state index contributed by atoms with van der Waals surface area (Å²) in [5.74, 6) is 0.299. The molecule has 7 heteroatoms. The minimum absolute atomic E-state index is 0.153. The molecule has 5 nitrogen and oxygen atoms in total. The fourth-order valence-corrected chi connectivity index (χ4v) is 2.70. The number of carbonyl (C=O) groups excluding carboxylic acids is 1. The Morgan fingerprint density at radius 1 is 1.23 bits per heavy atom. The smallest absolute Gasteiger partial charge is 0.227 e. The Bertz CT molecular complexity index is 896. The number of nitrogens with one attached hydrogen (secondary N) is 1. The fourth-order valence-electron chi connectivity index (χ4n) is 2.48. The van der Waals surface area contributed by atoms with Crippen LogP contribution in [0.4, 0.5) is 4.39 Å². The second-order valence-electron chi connectivity index (χ2n) is 5.83. The van der Waals surface area contributed by atoms with E-state index in [-0.39, 0.29) is 24.2 Å². The van der Waals surface area contributed by atoms with Gasteiger partial charge in [-0.2, -0.15) is 4.98 Å². The monoisotopic (exact) mass is 373 g/mol. The molecule has 26 heavy (non-hydrogen) atoms. The maximum absolute atomic E-state index is 13.0. The third-order valence-electron chi connectivity index (χ3n) is 3.90. The van der Waals surface area contributed by atoms with Gasteiger partial charge in [0.1, 0.15) is 5.82 Å². The van der Waals surface area contributed by atoms with Gasteiger partial charge in [-0.15, -0.1) is 0 Å². The number of aryl methyl sites for hydroxylation is 1. The van der Waals surface area contributed by atoms with Crippen LogP contribution in [-0.4, -0.2) is 16.0 Å². The van der Waals surface area contributed by atoms with Gasteiger partial charge in [-0.1, -0.05) is 41.0 Å². The van der Waals surface area contributed by atoms with Crippen molar-refractivity contribution in [1.29, 1.82) is 0 Å². The molecule has 1 amide bonds. The lowest BCUT2D eigenvalue weighted by Crippen LogP contribution is -2.26. The minimum atomic E-state index is -0.307. The quantitative estimate of drug-likeness (QED) is 0.698. The molecule has 0 fully saturated rings. The number of rotatable bonds is 6. The first-order valence-electron chi connectivity index (χ1n) is 8.15. The molecule has 0 aliphatic rings. The SMILES string of the molecule is C[C@H](NC(=O)CCc1nc(-c2ccccc2Cl)no1)c1ccc(F)cc1. The summed E-state index contributed by atoms with van der Waals surface area (Å²) in [6.07, 6.45) is 0.523. The number of halogens is 2. The maximum atomic E-state index is 13.0. The van der Waals surface area contributed by atoms with Crippen molar-refractivity contribution in [3.8, 4) is 11.4 Å². The first-order valence-corrected chi connectivity index (χ1v) is 8.53. The van der Waals surface area contributed by atoms with E-state index in [1.54, 1.807) is 24.3 Å². The van der Waals surface area contributed by atoms with Gasteiger partial charge >= 0.3 is 0 Å². The van der Waals surface area contributed by atoms with Crippen LogP contribution >= 0.6 is 11.6 Å². The molecule has 0 aliphatic heterocycles. The van der Waals surface area contributed by atoms with E-state index in [2.05, 4.69) is 15.5 Å². The van der Waals surface area contributed by atoms with Crippen LogP contribution in [0.3, 0.4) is 0 Å². The van der Waals surface area contributed by atoms with Gasteiger partial charge in [0, 0.05) is 18.4 Å². The zero-order valence-corrected chi connectivity index (χ0v) is 14.8. The van der Waals surface area contributed by atoms with Crippen LogP contribution in [-0.2, 0) is 11.2 Å². The average molecular weight is 374 g/mol. The van der Waals surface area contributed by atoms with Crippen molar-refractivity contribution in [2.45, 2.75) is 25.8 Å². The zero-order chi connectivity index (χ0) is 18.5. The third kappa shape index (κ3) is 4.46. The average Bonchev–Trinajstić information content (AvgIpc) is 3.09. The van der Waals surface area contributed by atoms with Crippen LogP contribution in [0.15, 0.2) is 53.1 Å². The van der Waals surface area contributed by atoms with Gasteiger partial charge in [0.25, 0.3) is 0 Å². The van der Waals surface area contributed by atoms with Crippen LogP contribution in [0, 0.1) is 5.82 Å². The predicted octanol–water partition coefficient (Wildman–Crippen LogP) is 4.34. The lowest BCUT2D eigenvalue weighted by Gasteiger charge is -2.13. The summed E-state index contributed by atoms with van der Waals surface area (Å²) >= 11 is 6.11. The lowest BCUT2D eigenvalue weighted by molar-refractivity contribution is -0.121. The Morgan fingerprint density at radius 3 is 2.69 bits per heavy atom. The maximum Gasteiger partial charge on any atom is 0.227 e. The highest BCUT2D eigenvalue weighted by atomic mass is 35.5. The van der Waals surface area contributed by atoms with Gasteiger partial charge in [0.15, 0.2) is 0 Å². The summed E-state index contributed by atoms with van der Waals surface area (Å²) in [5.41, 5.74) is 1.51. The molecule has 0 spiro atoms. The van der Waals surface area contributed by atoms with E-state index in [1.165, 1.54) is 12.1 Å². The Hall–Kier alpha value is -2.73. The largest absolute Gasteiger partial charge is 0.350 e. The molecule has 134 valence electrons. The van der Waals surface area contributed by atoms with E-state index < -0.39 is 0 Å². The number of hydrogen-bond donors (Lipinski definition) is 1. The number of hydrogen-bond acceptors (Lipinski definition) is 4. The second-order valence-corrected chi connectivity index (χ2v) is 6.24. The Labute approximate surface area is 155 Å². The van der Waals surface area contributed by atoms with Gasteiger partial charge in [-0.3, -0.25) is 4.79 Å². The standard InChI is InChI=1S/C19H17ClFN3O2/c1-12(13-6-8-14(21)9-7-13)22-17(25)10-11-18-23-19(24-26-18)15-4-2-3-5-16(15)20/h2-9,12H,10-11H2,1H3,(H,22,25)/t12-/m0/s1. The Kier molecular flexibility index (Phi) is 5.63. The van der Waals surface area contributed by atoms with Crippen molar-refractivity contribution < 1.29 is 13.7 Å². The summed E-state index contributed by atoms with van der Waals surface area (Å²) in [7, 11) is 0. The van der Waals surface area contributed by atoms with Crippen molar-refractivity contribution in [1.82, 2.24) is 15.5 Å². The molecule has 0 saturated carbocycles. The summed E-state index contributed by atoms with van der Waals surface area (Å²) < 4.78 is 18.1. The van der Waals surface area contributed by atoms with Gasteiger partial charge < -0.3 is 9.84 Å². The number of amides is 1. The summed E-state index contributed by atoms with van der Waals surface area (Å²) in [6, 6.07) is 13.0. The van der Waals surface area contributed by atoms with E-state index >= 15 is 0 Å². The summed E-state index contributed by atoms with van der Waals surface area (Å²) in [4.78, 5) is 16.4. The Balaban J connectivity index is 1.55. The molecular weight excluding hydrogens is 357 g/mol. The van der Waals surface area contributed by atoms with Crippen molar-refractivity contribution in [2.24, 2.45) is 0 Å². The molecule has 1 heterocycles. The number of carbonyl (C=O) groups is 1. The van der Waals surface area contributed by atoms with E-state index in [9.17, 15) is 9.18 Å². The molecular formula is C19H17ClFN3O2. The fraction of sp³-hybridized carbons (Fsp3) is 0.211. The second kappa shape index (κ2) is 8.10. The van der Waals surface area contributed by atoms with Crippen LogP contribution in [0.25, 0.3) is 11.4 Å². The van der Waals surface area contributed by atoms with E-state index in [1.807, 2.05) is 19.1 Å². The van der Waals surface area contributed by atoms with Gasteiger partial charge in [0.2, 0.25) is 17.6 Å². The molecule has 0 aliphatic carbocycles. The van der Waals surface area contributed by atoms with Crippen molar-refractivity contribution in [2.75, 3.05) is 0 Å². The molecule has 0 saturated heterocycles. The molecule has 1 N–H and O–H groups in total. The molecule has 2 aromatic carbocycles. The summed E-state index contributed by atoms with van der Waals surface area (Å²) in [6.45, 7) is 1.84. The zero-order valence-electron chi connectivity index (χ0n) is 14.1. The van der Waals surface area contributed by atoms with E-state index in [4.69, 9.17) is 16.1 Å². The first kappa shape index (κ1) is 18.1. The molecule has 0 radical (unpaired) electrons.